The molecule has 0 saturated carbocycles. The van der Waals surface area contributed by atoms with Gasteiger partial charge in [0.05, 0.1) is 19.1 Å². The summed E-state index contributed by atoms with van der Waals surface area (Å²) in [5.74, 6) is -3.47. The normalized spacial score (nSPS) is 14.3. The van der Waals surface area contributed by atoms with Gasteiger partial charge in [-0.1, -0.05) is 30.3 Å². The number of thioether (sulfide) groups is 1. The van der Waals surface area contributed by atoms with Gasteiger partial charge in [-0.05, 0) is 51.7 Å². The highest BCUT2D eigenvalue weighted by Crippen LogP contribution is 2.10. The molecule has 0 aliphatic heterocycles. The summed E-state index contributed by atoms with van der Waals surface area (Å²) in [6.07, 6.45) is -0.349. The highest BCUT2D eigenvalue weighted by molar-refractivity contribution is 7.98. The maximum absolute atomic E-state index is 13.0. The number of ether oxygens (including phenoxy) is 2. The first-order chi connectivity index (χ1) is 17.7. The fraction of sp³-hybridized carbons (Fsp3) is 0.560. The minimum absolute atomic E-state index is 0.108. The highest BCUT2D eigenvalue weighted by atomic mass is 32.2. The van der Waals surface area contributed by atoms with E-state index in [1.54, 1.807) is 45.0 Å². The average molecular weight is 555 g/mol. The van der Waals surface area contributed by atoms with Gasteiger partial charge in [0.1, 0.15) is 17.7 Å². The molecule has 0 radical (unpaired) electrons. The molecule has 13 heteroatoms. The lowest BCUT2D eigenvalue weighted by Crippen LogP contribution is -2.58. The number of hydrogen-bond acceptors (Lipinski definition) is 8. The van der Waals surface area contributed by atoms with Crippen LogP contribution in [0.3, 0.4) is 0 Å². The maximum Gasteiger partial charge on any atom is 0.408 e. The Morgan fingerprint density at radius 2 is 1.61 bits per heavy atom. The van der Waals surface area contributed by atoms with Crippen LogP contribution in [-0.2, 0) is 35.3 Å². The van der Waals surface area contributed by atoms with Crippen molar-refractivity contribution in [2.24, 2.45) is 5.73 Å². The Labute approximate surface area is 226 Å². The number of benzene rings is 1. The number of carbonyl (C=O) groups is 5. The lowest BCUT2D eigenvalue weighted by atomic mass is 10.1. The Morgan fingerprint density at radius 3 is 2.13 bits per heavy atom. The highest BCUT2D eigenvalue weighted by Gasteiger charge is 2.33. The van der Waals surface area contributed by atoms with Crippen LogP contribution in [0.25, 0.3) is 0 Å². The zero-order chi connectivity index (χ0) is 28.9. The Morgan fingerprint density at radius 1 is 1.00 bits per heavy atom. The summed E-state index contributed by atoms with van der Waals surface area (Å²) in [5.41, 5.74) is 5.28. The quantitative estimate of drug-likeness (QED) is 0.212. The lowest BCUT2D eigenvalue weighted by molar-refractivity contribution is -0.147. The van der Waals surface area contributed by atoms with E-state index in [0.717, 1.165) is 5.56 Å². The fourth-order valence-corrected chi connectivity index (χ4v) is 3.64. The van der Waals surface area contributed by atoms with Gasteiger partial charge >= 0.3 is 12.1 Å². The van der Waals surface area contributed by atoms with Gasteiger partial charge in [-0.2, -0.15) is 11.8 Å². The number of rotatable bonds is 15. The monoisotopic (exact) mass is 554 g/mol. The predicted octanol–water partition coefficient (Wildman–Crippen LogP) is 1.17. The van der Waals surface area contributed by atoms with Gasteiger partial charge in [0.2, 0.25) is 17.7 Å². The van der Waals surface area contributed by atoms with Crippen LogP contribution in [0.4, 0.5) is 4.79 Å². The van der Waals surface area contributed by atoms with Crippen molar-refractivity contribution in [1.82, 2.24) is 16.0 Å². The number of carboxylic acids is 1. The van der Waals surface area contributed by atoms with Gasteiger partial charge < -0.3 is 36.3 Å². The zero-order valence-electron chi connectivity index (χ0n) is 22.3. The summed E-state index contributed by atoms with van der Waals surface area (Å²) in [6, 6.07) is 5.00. The van der Waals surface area contributed by atoms with Gasteiger partial charge in [-0.3, -0.25) is 14.4 Å². The van der Waals surface area contributed by atoms with Gasteiger partial charge in [-0.15, -0.1) is 0 Å². The van der Waals surface area contributed by atoms with Gasteiger partial charge in [-0.25, -0.2) is 9.59 Å². The van der Waals surface area contributed by atoms with Crippen LogP contribution in [0, 0.1) is 0 Å². The summed E-state index contributed by atoms with van der Waals surface area (Å²) in [5, 5.41) is 16.9. The van der Waals surface area contributed by atoms with Crippen molar-refractivity contribution in [3.05, 3.63) is 35.9 Å². The molecule has 4 atom stereocenters. The molecule has 0 heterocycles. The smallest absolute Gasteiger partial charge is 0.408 e. The molecule has 1 aromatic carbocycles. The minimum Gasteiger partial charge on any atom is -0.480 e. The third kappa shape index (κ3) is 12.8. The first kappa shape index (κ1) is 32.7. The maximum atomic E-state index is 13.0. The van der Waals surface area contributed by atoms with E-state index in [9.17, 15) is 29.1 Å². The van der Waals surface area contributed by atoms with Crippen molar-refractivity contribution in [3.63, 3.8) is 0 Å². The Balaban J connectivity index is 2.96. The molecular weight excluding hydrogens is 516 g/mol. The summed E-state index contributed by atoms with van der Waals surface area (Å²) < 4.78 is 10.8. The van der Waals surface area contributed by atoms with Crippen molar-refractivity contribution >= 4 is 41.5 Å². The summed E-state index contributed by atoms with van der Waals surface area (Å²) in [6.45, 7) is 6.59. The van der Waals surface area contributed by atoms with Crippen molar-refractivity contribution < 1.29 is 38.6 Å². The molecule has 4 amide bonds. The number of amides is 4. The first-order valence-corrected chi connectivity index (χ1v) is 13.4. The van der Waals surface area contributed by atoms with E-state index in [0.29, 0.717) is 5.75 Å². The van der Waals surface area contributed by atoms with Crippen LogP contribution in [-0.4, -0.2) is 76.7 Å². The molecule has 6 N–H and O–H groups in total. The summed E-state index contributed by atoms with van der Waals surface area (Å²) in [4.78, 5) is 61.7. The number of nitrogens with two attached hydrogens (primary N) is 1. The van der Waals surface area contributed by atoms with Crippen molar-refractivity contribution in [2.75, 3.05) is 12.0 Å². The molecule has 0 fully saturated rings. The summed E-state index contributed by atoms with van der Waals surface area (Å²) in [7, 11) is 0. The fourth-order valence-electron chi connectivity index (χ4n) is 3.17. The molecular formula is C25H38N4O8S. The second kappa shape index (κ2) is 15.8. The minimum atomic E-state index is -1.49. The Kier molecular flexibility index (Phi) is 13.6. The van der Waals surface area contributed by atoms with Crippen LogP contribution >= 0.6 is 11.8 Å². The molecule has 0 spiro atoms. The van der Waals surface area contributed by atoms with Crippen LogP contribution < -0.4 is 21.7 Å². The third-order valence-electron chi connectivity index (χ3n) is 5.05. The number of carboxylic acid groups (broad SMARTS) is 1. The van der Waals surface area contributed by atoms with Crippen LogP contribution in [0.15, 0.2) is 30.3 Å². The van der Waals surface area contributed by atoms with E-state index < -0.39 is 66.0 Å². The predicted molar refractivity (Wildman–Crippen MR) is 142 cm³/mol. The molecule has 0 aliphatic carbocycles. The van der Waals surface area contributed by atoms with Crippen molar-refractivity contribution in [3.8, 4) is 0 Å². The van der Waals surface area contributed by atoms with Crippen LogP contribution in [0.2, 0.25) is 0 Å². The zero-order valence-corrected chi connectivity index (χ0v) is 23.1. The van der Waals surface area contributed by atoms with Gasteiger partial charge in [0.25, 0.3) is 0 Å². The third-order valence-corrected chi connectivity index (χ3v) is 5.69. The van der Waals surface area contributed by atoms with Crippen molar-refractivity contribution in [2.45, 2.75) is 77.0 Å². The molecule has 0 aromatic heterocycles. The van der Waals surface area contributed by atoms with E-state index in [1.807, 2.05) is 12.3 Å². The number of nitrogens with one attached hydrogen (secondary N) is 3. The largest absolute Gasteiger partial charge is 0.480 e. The standard InChI is InChI=1S/C25H38N4O8S/c1-15(36-14-16-9-7-6-8-10-16)20(23(33)34)29-22(32)18(13-19(26)30)27-21(31)17(11-12-38-5)28-24(35)37-25(2,3)4/h6-10,15,17-18,20H,11-14H2,1-5H3,(H2,26,30)(H,27,31)(H,28,35)(H,29,32)(H,33,34). The van der Waals surface area contributed by atoms with Gasteiger partial charge in [0, 0.05) is 0 Å². The molecule has 1 rings (SSSR count). The van der Waals surface area contributed by atoms with E-state index >= 15 is 0 Å². The molecule has 0 saturated heterocycles. The summed E-state index contributed by atoms with van der Waals surface area (Å²) >= 11 is 1.44. The molecule has 38 heavy (non-hydrogen) atoms. The van der Waals surface area contributed by atoms with Crippen LogP contribution in [0.5, 0.6) is 0 Å². The molecule has 1 aromatic rings. The molecule has 0 bridgehead atoms. The Bertz CT molecular complexity index is 954. The second-order valence-corrected chi connectivity index (χ2v) is 10.5. The number of aliphatic carboxylic acids is 1. The molecule has 12 nitrogen and oxygen atoms in total. The second-order valence-electron chi connectivity index (χ2n) is 9.54. The topological polar surface area (TPSA) is 186 Å². The SMILES string of the molecule is CSCCC(NC(=O)OC(C)(C)C)C(=O)NC(CC(N)=O)C(=O)NC(C(=O)O)C(C)OCc1ccccc1. The number of alkyl carbamates (subject to hydrolysis) is 1. The molecule has 4 unspecified atom stereocenters. The van der Waals surface area contributed by atoms with Crippen LogP contribution in [0.1, 0.15) is 46.1 Å². The number of carbonyl (C=O) groups excluding carboxylic acids is 4. The number of hydrogen-bond donors (Lipinski definition) is 5. The Hall–Kier alpha value is -3.32. The average Bonchev–Trinajstić information content (AvgIpc) is 2.81. The van der Waals surface area contributed by atoms with E-state index in [1.165, 1.54) is 18.7 Å². The van der Waals surface area contributed by atoms with E-state index in [-0.39, 0.29) is 13.0 Å². The lowest BCUT2D eigenvalue weighted by Gasteiger charge is -2.27. The first-order valence-electron chi connectivity index (χ1n) is 12.0. The number of primary amides is 1. The van der Waals surface area contributed by atoms with E-state index in [2.05, 4.69) is 16.0 Å². The molecule has 212 valence electrons. The van der Waals surface area contributed by atoms with Crippen molar-refractivity contribution in [1.29, 1.82) is 0 Å². The molecule has 0 aliphatic rings. The van der Waals surface area contributed by atoms with Gasteiger partial charge in [0.15, 0.2) is 6.04 Å². The van der Waals surface area contributed by atoms with E-state index in [4.69, 9.17) is 15.2 Å².